The van der Waals surface area contributed by atoms with E-state index in [0.717, 1.165) is 49.3 Å². The average molecular weight is 511 g/mol. The minimum Gasteiger partial charge on any atom is -0.495 e. The fourth-order valence-corrected chi connectivity index (χ4v) is 4.95. The third-order valence-corrected chi connectivity index (χ3v) is 6.68. The van der Waals surface area contributed by atoms with Gasteiger partial charge < -0.3 is 30.7 Å². The number of carboxylic acid groups (broad SMARTS) is 1. The molecule has 2 aromatic carbocycles. The molecule has 9 heteroatoms. The molecule has 1 heterocycles. The van der Waals surface area contributed by atoms with E-state index in [1.54, 1.807) is 13.2 Å². The average Bonchev–Trinajstić information content (AvgIpc) is 3.26. The lowest BCUT2D eigenvalue weighted by atomic mass is 9.93. The van der Waals surface area contributed by atoms with E-state index in [0.29, 0.717) is 17.4 Å². The highest BCUT2D eigenvalue weighted by Gasteiger charge is 2.28. The van der Waals surface area contributed by atoms with Crippen molar-refractivity contribution in [3.05, 3.63) is 53.6 Å². The summed E-state index contributed by atoms with van der Waals surface area (Å²) in [4.78, 5) is 37.9. The number of rotatable bonds is 11. The molecule has 37 heavy (non-hydrogen) atoms. The molecule has 1 fully saturated rings. The van der Waals surface area contributed by atoms with Crippen molar-refractivity contribution in [2.45, 2.75) is 46.1 Å². The van der Waals surface area contributed by atoms with Crippen LogP contribution in [-0.2, 0) is 9.59 Å². The maximum atomic E-state index is 12.6. The zero-order valence-electron chi connectivity index (χ0n) is 22.0. The van der Waals surface area contributed by atoms with Crippen LogP contribution >= 0.6 is 0 Å². The maximum Gasteiger partial charge on any atom is 0.323 e. The van der Waals surface area contributed by atoms with Gasteiger partial charge >= 0.3 is 12.0 Å². The molecule has 3 unspecified atom stereocenters. The second kappa shape index (κ2) is 13.1. The lowest BCUT2D eigenvalue weighted by Gasteiger charge is -2.24. The van der Waals surface area contributed by atoms with Crippen LogP contribution in [0.15, 0.2) is 42.5 Å². The number of methoxy groups -OCH3 is 1. The number of carbonyl (C=O) groups is 3. The number of aryl methyl sites for hydroxylation is 1. The van der Waals surface area contributed by atoms with E-state index in [1.165, 1.54) is 6.92 Å². The number of carboxylic acids is 1. The molecule has 9 nitrogen and oxygen atoms in total. The van der Waals surface area contributed by atoms with E-state index in [2.05, 4.69) is 20.9 Å². The van der Waals surface area contributed by atoms with Gasteiger partial charge in [-0.1, -0.05) is 31.2 Å². The molecule has 0 radical (unpaired) electrons. The first-order chi connectivity index (χ1) is 17.6. The Morgan fingerprint density at radius 1 is 1.14 bits per heavy atom. The summed E-state index contributed by atoms with van der Waals surface area (Å²) in [7, 11) is 1.55. The predicted molar refractivity (Wildman–Crippen MR) is 144 cm³/mol. The number of ether oxygens (including phenoxy) is 1. The monoisotopic (exact) mass is 510 g/mol. The molecule has 3 rings (SSSR count). The number of hydrogen-bond acceptors (Lipinski definition) is 5. The predicted octanol–water partition coefficient (Wildman–Crippen LogP) is 4.65. The molecule has 3 atom stereocenters. The molecule has 0 bridgehead atoms. The van der Waals surface area contributed by atoms with Crippen LogP contribution in [0.4, 0.5) is 16.2 Å². The standard InChI is InChI=1S/C28H38N4O5/c1-18(13-27(34)35)16-32-12-11-21(17-32)14-25(29-20(3)33)22-9-10-24(26(15-22)37-4)31-28(36)30-23-8-6-5-7-19(23)2/h5-10,15,18,21,25H,11-14,16-17H2,1-4H3,(H,29,33)(H,34,35)(H2,30,31,36). The van der Waals surface area contributed by atoms with Gasteiger partial charge in [0.25, 0.3) is 0 Å². The number of carbonyl (C=O) groups excluding carboxylic acids is 2. The van der Waals surface area contributed by atoms with Gasteiger partial charge in [0.2, 0.25) is 5.91 Å². The van der Waals surface area contributed by atoms with E-state index in [-0.39, 0.29) is 30.3 Å². The van der Waals surface area contributed by atoms with Gasteiger partial charge in [0.05, 0.1) is 18.8 Å². The van der Waals surface area contributed by atoms with E-state index >= 15 is 0 Å². The molecule has 2 aromatic rings. The van der Waals surface area contributed by atoms with Gasteiger partial charge in [0, 0.05) is 32.1 Å². The van der Waals surface area contributed by atoms with Crippen LogP contribution in [0.3, 0.4) is 0 Å². The van der Waals surface area contributed by atoms with E-state index in [1.807, 2.05) is 50.2 Å². The summed E-state index contributed by atoms with van der Waals surface area (Å²) in [6, 6.07) is 12.5. The van der Waals surface area contributed by atoms with Crippen LogP contribution in [0.25, 0.3) is 0 Å². The number of benzene rings is 2. The second-order valence-electron chi connectivity index (χ2n) is 9.96. The Kier molecular flexibility index (Phi) is 9.91. The van der Waals surface area contributed by atoms with E-state index in [4.69, 9.17) is 9.84 Å². The van der Waals surface area contributed by atoms with Gasteiger partial charge in [-0.05, 0) is 67.5 Å². The SMILES string of the molecule is COc1cc(C(CC2CCN(CC(C)CC(=O)O)C2)NC(C)=O)ccc1NC(=O)Nc1ccccc1C. The van der Waals surface area contributed by atoms with Crippen molar-refractivity contribution in [2.75, 3.05) is 37.4 Å². The molecule has 0 aliphatic carbocycles. The summed E-state index contributed by atoms with van der Waals surface area (Å²) in [5.74, 6) is 0.0813. The first kappa shape index (κ1) is 28.0. The van der Waals surface area contributed by atoms with Crippen LogP contribution in [0.2, 0.25) is 0 Å². The Morgan fingerprint density at radius 2 is 1.86 bits per heavy atom. The molecule has 4 N–H and O–H groups in total. The number of hydrogen-bond donors (Lipinski definition) is 4. The van der Waals surface area contributed by atoms with Crippen molar-refractivity contribution in [1.82, 2.24) is 10.2 Å². The van der Waals surface area contributed by atoms with E-state index < -0.39 is 5.97 Å². The van der Waals surface area contributed by atoms with Gasteiger partial charge in [-0.3, -0.25) is 9.59 Å². The van der Waals surface area contributed by atoms with Crippen molar-refractivity contribution < 1.29 is 24.2 Å². The topological polar surface area (TPSA) is 120 Å². The Hall–Kier alpha value is -3.59. The summed E-state index contributed by atoms with van der Waals surface area (Å²) in [6.45, 7) is 7.94. The Labute approximate surface area is 218 Å². The normalized spacial score (nSPS) is 17.0. The number of amides is 3. The Morgan fingerprint density at radius 3 is 2.54 bits per heavy atom. The van der Waals surface area contributed by atoms with Crippen molar-refractivity contribution in [2.24, 2.45) is 11.8 Å². The highest BCUT2D eigenvalue weighted by atomic mass is 16.5. The van der Waals surface area contributed by atoms with Gasteiger partial charge in [-0.15, -0.1) is 0 Å². The first-order valence-corrected chi connectivity index (χ1v) is 12.7. The number of nitrogens with zero attached hydrogens (tertiary/aromatic N) is 1. The fourth-order valence-electron chi connectivity index (χ4n) is 4.95. The quantitative estimate of drug-likeness (QED) is 0.349. The lowest BCUT2D eigenvalue weighted by Crippen LogP contribution is -2.30. The van der Waals surface area contributed by atoms with Crippen LogP contribution in [0, 0.1) is 18.8 Å². The first-order valence-electron chi connectivity index (χ1n) is 12.7. The molecular formula is C28H38N4O5. The summed E-state index contributed by atoms with van der Waals surface area (Å²) in [6.07, 6.45) is 1.91. The molecule has 0 aromatic heterocycles. The molecule has 1 saturated heterocycles. The van der Waals surface area contributed by atoms with Crippen molar-refractivity contribution in [3.8, 4) is 5.75 Å². The summed E-state index contributed by atoms with van der Waals surface area (Å²) in [5, 5.41) is 17.8. The van der Waals surface area contributed by atoms with Crippen LogP contribution < -0.4 is 20.7 Å². The zero-order chi connectivity index (χ0) is 26.9. The number of likely N-dealkylation sites (tertiary alicyclic amines) is 1. The fraction of sp³-hybridized carbons (Fsp3) is 0.464. The summed E-state index contributed by atoms with van der Waals surface area (Å²) in [5.41, 5.74) is 3.11. The van der Waals surface area contributed by atoms with Gasteiger partial charge in [0.1, 0.15) is 5.75 Å². The Balaban J connectivity index is 1.67. The molecule has 200 valence electrons. The summed E-state index contributed by atoms with van der Waals surface area (Å²) < 4.78 is 5.57. The van der Waals surface area contributed by atoms with Crippen molar-refractivity contribution in [1.29, 1.82) is 0 Å². The molecule has 0 spiro atoms. The van der Waals surface area contributed by atoms with Gasteiger partial charge in [-0.2, -0.15) is 0 Å². The molecule has 1 aliphatic rings. The van der Waals surface area contributed by atoms with Crippen molar-refractivity contribution >= 4 is 29.3 Å². The maximum absolute atomic E-state index is 12.6. The third-order valence-electron chi connectivity index (χ3n) is 6.68. The second-order valence-corrected chi connectivity index (χ2v) is 9.96. The largest absolute Gasteiger partial charge is 0.495 e. The minimum atomic E-state index is -0.770. The van der Waals surface area contributed by atoms with E-state index in [9.17, 15) is 14.4 Å². The molecule has 1 aliphatic heterocycles. The number of urea groups is 1. The molecule has 3 amide bonds. The minimum absolute atomic E-state index is 0.0923. The molecule has 0 saturated carbocycles. The highest BCUT2D eigenvalue weighted by molar-refractivity contribution is 6.01. The van der Waals surface area contributed by atoms with Crippen LogP contribution in [0.1, 0.15) is 50.3 Å². The number of para-hydroxylation sites is 1. The van der Waals surface area contributed by atoms with Gasteiger partial charge in [-0.25, -0.2) is 4.79 Å². The van der Waals surface area contributed by atoms with Crippen molar-refractivity contribution in [3.63, 3.8) is 0 Å². The van der Waals surface area contributed by atoms with Gasteiger partial charge in [0.15, 0.2) is 0 Å². The summed E-state index contributed by atoms with van der Waals surface area (Å²) >= 11 is 0. The van der Waals surface area contributed by atoms with Crippen LogP contribution in [-0.4, -0.2) is 54.7 Å². The number of nitrogens with one attached hydrogen (secondary N) is 3. The number of aliphatic carboxylic acids is 1. The smallest absolute Gasteiger partial charge is 0.323 e. The van der Waals surface area contributed by atoms with Crippen LogP contribution in [0.5, 0.6) is 5.75 Å². The third kappa shape index (κ3) is 8.49. The number of anilines is 2. The highest BCUT2D eigenvalue weighted by Crippen LogP contribution is 2.33. The zero-order valence-corrected chi connectivity index (χ0v) is 22.0. The molecular weight excluding hydrogens is 472 g/mol. The lowest BCUT2D eigenvalue weighted by molar-refractivity contribution is -0.138. The Bertz CT molecular complexity index is 1110.